The Bertz CT molecular complexity index is 1240. The second kappa shape index (κ2) is 10.6. The molecular weight excluding hydrogens is 474 g/mol. The highest BCUT2D eigenvalue weighted by atomic mass is 19.1. The molecule has 0 aliphatic carbocycles. The normalized spacial score (nSPS) is 24.9. The highest BCUT2D eigenvalue weighted by Crippen LogP contribution is 2.41. The number of allylic oxidation sites excluding steroid dienone is 1. The van der Waals surface area contributed by atoms with Gasteiger partial charge in [0.05, 0.1) is 18.5 Å². The number of hydrogen-bond acceptors (Lipinski definition) is 7. The quantitative estimate of drug-likeness (QED) is 0.400. The molecule has 1 aromatic carbocycles. The molecule has 9 heteroatoms. The maximum Gasteiger partial charge on any atom is 0.318 e. The Morgan fingerprint density at radius 1 is 1.30 bits per heavy atom. The smallest absolute Gasteiger partial charge is 0.318 e. The number of aryl methyl sites for hydroxylation is 1. The van der Waals surface area contributed by atoms with Crippen molar-refractivity contribution < 1.29 is 13.5 Å². The second-order valence-corrected chi connectivity index (χ2v) is 9.98. The van der Waals surface area contributed by atoms with Crippen LogP contribution in [0.4, 0.5) is 20.3 Å². The van der Waals surface area contributed by atoms with Crippen LogP contribution >= 0.6 is 0 Å². The van der Waals surface area contributed by atoms with Gasteiger partial charge in [0.15, 0.2) is 5.82 Å². The van der Waals surface area contributed by atoms with Crippen molar-refractivity contribution in [2.45, 2.75) is 45.3 Å². The Hall–Kier alpha value is -3.33. The molecule has 0 radical (unpaired) electrons. The number of aliphatic imine (C=N–C) groups is 1. The zero-order chi connectivity index (χ0) is 26.1. The average molecular weight is 509 g/mol. The zero-order valence-corrected chi connectivity index (χ0v) is 21.7. The number of rotatable bonds is 8. The molecule has 196 valence electrons. The summed E-state index contributed by atoms with van der Waals surface area (Å²) < 4.78 is 35.4. The van der Waals surface area contributed by atoms with E-state index in [1.54, 1.807) is 6.07 Å². The number of aromatic nitrogens is 2. The summed E-state index contributed by atoms with van der Waals surface area (Å²) in [6, 6.07) is 5.88. The van der Waals surface area contributed by atoms with Gasteiger partial charge in [0.25, 0.3) is 0 Å². The second-order valence-electron chi connectivity index (χ2n) is 9.98. The lowest BCUT2D eigenvalue weighted by atomic mass is 9.75. The molecule has 0 amide bonds. The van der Waals surface area contributed by atoms with Crippen LogP contribution in [0.1, 0.15) is 42.5 Å². The third-order valence-electron chi connectivity index (χ3n) is 7.62. The van der Waals surface area contributed by atoms with Crippen molar-refractivity contribution in [2.75, 3.05) is 43.5 Å². The van der Waals surface area contributed by atoms with Crippen LogP contribution in [0, 0.1) is 18.7 Å². The first kappa shape index (κ1) is 25.3. The highest BCUT2D eigenvalue weighted by Gasteiger charge is 2.37. The fraction of sp³-hybridized carbons (Fsp3) is 0.464. The molecule has 5 heterocycles. The van der Waals surface area contributed by atoms with E-state index in [-0.39, 0.29) is 18.4 Å². The summed E-state index contributed by atoms with van der Waals surface area (Å²) in [4.78, 5) is 17.1. The average Bonchev–Trinajstić information content (AvgIpc) is 3.25. The van der Waals surface area contributed by atoms with Gasteiger partial charge in [0.2, 0.25) is 0 Å². The molecule has 4 aliphatic heterocycles. The van der Waals surface area contributed by atoms with E-state index in [9.17, 15) is 4.39 Å². The lowest BCUT2D eigenvalue weighted by molar-refractivity contribution is 0.0870. The Morgan fingerprint density at radius 2 is 2.08 bits per heavy atom. The Balaban J connectivity index is 1.46. The molecule has 37 heavy (non-hydrogen) atoms. The number of ether oxygens (including phenoxy) is 1. The number of fused-ring (bicyclic) bond motifs is 4. The largest absolute Gasteiger partial charge is 0.464 e. The van der Waals surface area contributed by atoms with E-state index in [1.807, 2.05) is 24.8 Å². The van der Waals surface area contributed by atoms with Gasteiger partial charge in [-0.3, -0.25) is 4.99 Å². The van der Waals surface area contributed by atoms with Crippen molar-refractivity contribution in [2.24, 2.45) is 10.9 Å². The molecular formula is C28H34F2N6O. The van der Waals surface area contributed by atoms with Gasteiger partial charge in [-0.15, -0.1) is 0 Å². The van der Waals surface area contributed by atoms with E-state index < -0.39 is 12.0 Å². The van der Waals surface area contributed by atoms with E-state index >= 15 is 4.39 Å². The Morgan fingerprint density at radius 3 is 2.73 bits per heavy atom. The van der Waals surface area contributed by atoms with Gasteiger partial charge in [-0.25, -0.2) is 8.78 Å². The van der Waals surface area contributed by atoms with Crippen LogP contribution in [0.2, 0.25) is 0 Å². The minimum Gasteiger partial charge on any atom is -0.464 e. The van der Waals surface area contributed by atoms with Gasteiger partial charge in [-0.05, 0) is 74.9 Å². The van der Waals surface area contributed by atoms with E-state index in [1.165, 1.54) is 26.0 Å². The van der Waals surface area contributed by atoms with Crippen LogP contribution in [-0.4, -0.2) is 60.5 Å². The monoisotopic (exact) mass is 508 g/mol. The van der Waals surface area contributed by atoms with Crippen molar-refractivity contribution >= 4 is 17.7 Å². The van der Waals surface area contributed by atoms with Gasteiger partial charge in [0, 0.05) is 25.7 Å². The van der Waals surface area contributed by atoms with Gasteiger partial charge < -0.3 is 19.9 Å². The molecule has 2 bridgehead atoms. The summed E-state index contributed by atoms with van der Waals surface area (Å²) in [5, 5.41) is 3.35. The van der Waals surface area contributed by atoms with E-state index in [2.05, 4.69) is 37.8 Å². The molecule has 3 saturated heterocycles. The summed E-state index contributed by atoms with van der Waals surface area (Å²) in [5.41, 5.74) is 3.43. The number of nitrogens with zero attached hydrogens (tertiary/aromatic N) is 5. The first-order chi connectivity index (χ1) is 17.9. The molecule has 2 unspecified atom stereocenters. The van der Waals surface area contributed by atoms with Crippen LogP contribution in [-0.2, 0) is 6.54 Å². The van der Waals surface area contributed by atoms with Gasteiger partial charge >= 0.3 is 6.01 Å². The van der Waals surface area contributed by atoms with Gasteiger partial charge in [0.1, 0.15) is 23.5 Å². The molecule has 3 fully saturated rings. The molecule has 2 aromatic rings. The molecule has 0 spiro atoms. The van der Waals surface area contributed by atoms with Crippen molar-refractivity contribution in [3.63, 3.8) is 0 Å². The van der Waals surface area contributed by atoms with Crippen molar-refractivity contribution in [1.29, 1.82) is 0 Å². The number of halogens is 2. The van der Waals surface area contributed by atoms with Crippen molar-refractivity contribution in [1.82, 2.24) is 14.9 Å². The highest BCUT2D eigenvalue weighted by molar-refractivity contribution is 5.79. The number of hydrogen-bond donors (Lipinski definition) is 1. The van der Waals surface area contributed by atoms with Crippen LogP contribution in [0.25, 0.3) is 0 Å². The van der Waals surface area contributed by atoms with Crippen LogP contribution in [0.5, 0.6) is 6.01 Å². The predicted molar refractivity (Wildman–Crippen MR) is 143 cm³/mol. The standard InChI is InChI=1S/C28H34F2N6O/c1-5-37-28-32-18(3)25-27(34-28)36(26(33-25)17(2)12-22(29)14-31-4)15-21-7-6-20(13-24(21)30)23-16-35-10-8-19(23)9-11-35/h6-7,12-14,19,23,26,33H,2,5,8-11,15-16H2,1,3-4H3/b22-12+,31-14-. The van der Waals surface area contributed by atoms with Crippen molar-refractivity contribution in [3.05, 3.63) is 64.9 Å². The first-order valence-electron chi connectivity index (χ1n) is 12.9. The van der Waals surface area contributed by atoms with Crippen LogP contribution in [0.15, 0.2) is 47.2 Å². The third kappa shape index (κ3) is 5.09. The van der Waals surface area contributed by atoms with E-state index in [0.717, 1.165) is 31.4 Å². The minimum absolute atomic E-state index is 0.218. The van der Waals surface area contributed by atoms with Crippen LogP contribution < -0.4 is 15.0 Å². The maximum absolute atomic E-state index is 15.6. The van der Waals surface area contributed by atoms with E-state index in [0.29, 0.717) is 46.8 Å². The lowest BCUT2D eigenvalue weighted by Crippen LogP contribution is -2.46. The molecule has 0 saturated carbocycles. The SMILES string of the molecule is C=C(/C=C(F)\C=N/C)C1Nc2c(C)nc(OCC)nc2N1Cc1ccc(C2CN3CCC2CC3)cc1F. The maximum atomic E-state index is 15.6. The summed E-state index contributed by atoms with van der Waals surface area (Å²) >= 11 is 0. The number of anilines is 2. The summed E-state index contributed by atoms with van der Waals surface area (Å²) in [7, 11) is 1.50. The molecule has 1 N–H and O–H groups in total. The Kier molecular flexibility index (Phi) is 7.24. The molecule has 2 atom stereocenters. The van der Waals surface area contributed by atoms with Gasteiger partial charge in [-0.2, -0.15) is 9.97 Å². The Labute approximate surface area is 217 Å². The predicted octanol–water partition coefficient (Wildman–Crippen LogP) is 5.00. The topological polar surface area (TPSA) is 65.9 Å². The fourth-order valence-electron chi connectivity index (χ4n) is 5.76. The first-order valence-corrected chi connectivity index (χ1v) is 12.9. The number of nitrogens with one attached hydrogen (secondary N) is 1. The molecule has 6 rings (SSSR count). The van der Waals surface area contributed by atoms with Crippen LogP contribution in [0.3, 0.4) is 0 Å². The number of piperidine rings is 3. The third-order valence-corrected chi connectivity index (χ3v) is 7.62. The fourth-order valence-corrected chi connectivity index (χ4v) is 5.76. The van der Waals surface area contributed by atoms with Crippen molar-refractivity contribution in [3.8, 4) is 6.01 Å². The van der Waals surface area contributed by atoms with Gasteiger partial charge in [-0.1, -0.05) is 18.7 Å². The molecule has 4 aliphatic rings. The molecule has 7 nitrogen and oxygen atoms in total. The molecule has 1 aromatic heterocycles. The lowest BCUT2D eigenvalue weighted by Gasteiger charge is -2.45. The van der Waals surface area contributed by atoms with E-state index in [4.69, 9.17) is 4.74 Å². The summed E-state index contributed by atoms with van der Waals surface area (Å²) in [6.45, 7) is 11.7. The summed E-state index contributed by atoms with van der Waals surface area (Å²) in [6.07, 6.45) is 4.27. The number of benzene rings is 1. The zero-order valence-electron chi connectivity index (χ0n) is 21.7. The summed E-state index contributed by atoms with van der Waals surface area (Å²) in [5.74, 6) is 0.812. The minimum atomic E-state index is -0.545.